The molecule has 0 heterocycles. The van der Waals surface area contributed by atoms with Crippen molar-refractivity contribution in [3.05, 3.63) is 108 Å². The summed E-state index contributed by atoms with van der Waals surface area (Å²) in [7, 11) is 0. The van der Waals surface area contributed by atoms with E-state index in [1.54, 1.807) is 0 Å². The van der Waals surface area contributed by atoms with Gasteiger partial charge in [-0.05, 0) is 36.0 Å². The second-order valence-corrected chi connectivity index (χ2v) is 7.72. The van der Waals surface area contributed by atoms with Gasteiger partial charge in [-0.15, -0.1) is 0 Å². The Bertz CT molecular complexity index is 1010. The molecule has 0 saturated carbocycles. The molecule has 2 N–H and O–H groups in total. The van der Waals surface area contributed by atoms with Gasteiger partial charge in [0.15, 0.2) is 0 Å². The Morgan fingerprint density at radius 2 is 1.30 bits per heavy atom. The third kappa shape index (κ3) is 8.26. The first kappa shape index (κ1) is 23.7. The Balaban J connectivity index is 1.62. The summed E-state index contributed by atoms with van der Waals surface area (Å²) in [5.41, 5.74) is 2.83. The van der Waals surface area contributed by atoms with Crippen molar-refractivity contribution in [3.8, 4) is 0 Å². The second kappa shape index (κ2) is 12.8. The molecular formula is C27H28N2O4. The van der Waals surface area contributed by atoms with Crippen molar-refractivity contribution in [1.29, 1.82) is 0 Å². The molecule has 0 aliphatic heterocycles. The number of hydrogen-bond donors (Lipinski definition) is 2. The summed E-state index contributed by atoms with van der Waals surface area (Å²) in [4.78, 5) is 37.0. The van der Waals surface area contributed by atoms with E-state index in [4.69, 9.17) is 4.74 Å². The van der Waals surface area contributed by atoms with Crippen LogP contribution in [0.3, 0.4) is 0 Å². The molecule has 2 unspecified atom stereocenters. The van der Waals surface area contributed by atoms with Crippen LogP contribution < -0.4 is 10.6 Å². The highest BCUT2D eigenvalue weighted by Crippen LogP contribution is 2.08. The van der Waals surface area contributed by atoms with E-state index in [-0.39, 0.29) is 6.61 Å². The number of aryl methyl sites for hydroxylation is 1. The topological polar surface area (TPSA) is 84.5 Å². The first-order chi connectivity index (χ1) is 16.1. The van der Waals surface area contributed by atoms with Gasteiger partial charge in [0.1, 0.15) is 18.9 Å². The van der Waals surface area contributed by atoms with Crippen LogP contribution in [0.2, 0.25) is 0 Å². The molecule has 0 aliphatic rings. The average Bonchev–Trinajstić information content (AvgIpc) is 2.86. The van der Waals surface area contributed by atoms with Gasteiger partial charge < -0.3 is 20.2 Å². The van der Waals surface area contributed by atoms with Crippen LogP contribution in [0.25, 0.3) is 0 Å². The third-order valence-electron chi connectivity index (χ3n) is 5.18. The smallest absolute Gasteiger partial charge is 0.408 e. The maximum Gasteiger partial charge on any atom is 0.408 e. The van der Waals surface area contributed by atoms with Gasteiger partial charge in [0.2, 0.25) is 5.91 Å². The van der Waals surface area contributed by atoms with Crippen molar-refractivity contribution in [3.63, 3.8) is 0 Å². The molecule has 3 rings (SSSR count). The van der Waals surface area contributed by atoms with Gasteiger partial charge in [0, 0.05) is 0 Å². The van der Waals surface area contributed by atoms with E-state index >= 15 is 0 Å². The summed E-state index contributed by atoms with van der Waals surface area (Å²) in [6, 6.07) is 26.9. The van der Waals surface area contributed by atoms with Crippen LogP contribution in [0.4, 0.5) is 4.79 Å². The molecule has 0 radical (unpaired) electrons. The lowest BCUT2D eigenvalue weighted by Crippen LogP contribution is -2.50. The Morgan fingerprint density at radius 3 is 1.88 bits per heavy atom. The largest absolute Gasteiger partial charge is 0.445 e. The summed E-state index contributed by atoms with van der Waals surface area (Å²) in [6.07, 6.45) is 1.36. The predicted octanol–water partition coefficient (Wildman–Crippen LogP) is 3.84. The van der Waals surface area contributed by atoms with E-state index in [1.165, 1.54) is 0 Å². The van der Waals surface area contributed by atoms with Crippen LogP contribution in [-0.4, -0.2) is 30.4 Å². The highest BCUT2D eigenvalue weighted by molar-refractivity contribution is 5.87. The fraction of sp³-hybridized carbons (Fsp3) is 0.222. The first-order valence-corrected chi connectivity index (χ1v) is 10.9. The molecule has 2 amide bonds. The number of hydrogen-bond acceptors (Lipinski definition) is 4. The molecule has 6 nitrogen and oxygen atoms in total. The van der Waals surface area contributed by atoms with Crippen LogP contribution in [0.5, 0.6) is 0 Å². The minimum Gasteiger partial charge on any atom is -0.445 e. The molecule has 3 aromatic carbocycles. The maximum atomic E-state index is 13.0. The van der Waals surface area contributed by atoms with Gasteiger partial charge in [0.05, 0.1) is 6.04 Å². The first-order valence-electron chi connectivity index (χ1n) is 10.9. The Hall–Kier alpha value is -3.93. The molecule has 0 aromatic heterocycles. The summed E-state index contributed by atoms with van der Waals surface area (Å²) >= 11 is 0. The number of carbonyl (C=O) groups excluding carboxylic acids is 3. The molecule has 170 valence electrons. The number of amides is 2. The van der Waals surface area contributed by atoms with E-state index < -0.39 is 24.1 Å². The lowest BCUT2D eigenvalue weighted by atomic mass is 10.0. The average molecular weight is 445 g/mol. The number of aldehydes is 1. The number of nitrogens with one attached hydrogen (secondary N) is 2. The SMILES string of the molecule is O=CC(Cc1ccccc1)NC(=O)C(CCc1ccccc1)NC(=O)OCc1ccccc1. The van der Waals surface area contributed by atoms with Crippen molar-refractivity contribution >= 4 is 18.3 Å². The molecule has 3 aromatic rings. The fourth-order valence-electron chi connectivity index (χ4n) is 3.42. The van der Waals surface area contributed by atoms with Gasteiger partial charge in [-0.25, -0.2) is 4.79 Å². The standard InChI is InChI=1S/C27H28N2O4/c30-19-24(18-22-12-6-2-7-13-22)28-26(31)25(17-16-21-10-4-1-5-11-21)29-27(32)33-20-23-14-8-3-9-15-23/h1-15,19,24-25H,16-18,20H2,(H,28,31)(H,29,32). The van der Waals surface area contributed by atoms with Crippen LogP contribution in [-0.2, 0) is 33.8 Å². The lowest BCUT2D eigenvalue weighted by molar-refractivity contribution is -0.125. The molecule has 2 atom stereocenters. The molecular weight excluding hydrogens is 416 g/mol. The molecule has 0 fully saturated rings. The van der Waals surface area contributed by atoms with Gasteiger partial charge in [-0.3, -0.25) is 4.79 Å². The number of alkyl carbamates (subject to hydrolysis) is 1. The Kier molecular flexibility index (Phi) is 9.21. The highest BCUT2D eigenvalue weighted by atomic mass is 16.5. The normalized spacial score (nSPS) is 12.2. The van der Waals surface area contributed by atoms with E-state index in [9.17, 15) is 14.4 Å². The van der Waals surface area contributed by atoms with Crippen molar-refractivity contribution in [2.75, 3.05) is 0 Å². The predicted molar refractivity (Wildman–Crippen MR) is 126 cm³/mol. The van der Waals surface area contributed by atoms with Crippen LogP contribution in [0.1, 0.15) is 23.1 Å². The van der Waals surface area contributed by atoms with E-state index in [0.717, 1.165) is 16.7 Å². The number of carbonyl (C=O) groups is 3. The second-order valence-electron chi connectivity index (χ2n) is 7.72. The third-order valence-corrected chi connectivity index (χ3v) is 5.18. The van der Waals surface area contributed by atoms with Crippen molar-refractivity contribution in [2.45, 2.75) is 38.0 Å². The van der Waals surface area contributed by atoms with Gasteiger partial charge in [-0.1, -0.05) is 91.0 Å². The molecule has 33 heavy (non-hydrogen) atoms. The lowest BCUT2D eigenvalue weighted by Gasteiger charge is -2.21. The van der Waals surface area contributed by atoms with Crippen molar-refractivity contribution < 1.29 is 19.1 Å². The van der Waals surface area contributed by atoms with Crippen LogP contribution >= 0.6 is 0 Å². The molecule has 0 spiro atoms. The quantitative estimate of drug-likeness (QED) is 0.440. The minimum absolute atomic E-state index is 0.102. The Morgan fingerprint density at radius 1 is 0.758 bits per heavy atom. The monoisotopic (exact) mass is 444 g/mol. The zero-order valence-electron chi connectivity index (χ0n) is 18.4. The fourth-order valence-corrected chi connectivity index (χ4v) is 3.42. The Labute approximate surface area is 194 Å². The van der Waals surface area contributed by atoms with Crippen LogP contribution in [0, 0.1) is 0 Å². The summed E-state index contributed by atoms with van der Waals surface area (Å²) in [5, 5.41) is 5.41. The molecule has 6 heteroatoms. The minimum atomic E-state index is -0.841. The summed E-state index contributed by atoms with van der Waals surface area (Å²) < 4.78 is 5.29. The molecule has 0 bridgehead atoms. The van der Waals surface area contributed by atoms with E-state index in [2.05, 4.69) is 10.6 Å². The number of ether oxygens (including phenoxy) is 1. The van der Waals surface area contributed by atoms with E-state index in [0.29, 0.717) is 25.5 Å². The van der Waals surface area contributed by atoms with Gasteiger partial charge >= 0.3 is 6.09 Å². The number of rotatable bonds is 11. The number of benzene rings is 3. The zero-order valence-corrected chi connectivity index (χ0v) is 18.4. The summed E-state index contributed by atoms with van der Waals surface area (Å²) in [5.74, 6) is -0.421. The van der Waals surface area contributed by atoms with Crippen molar-refractivity contribution in [2.24, 2.45) is 0 Å². The molecule has 0 saturated heterocycles. The maximum absolute atomic E-state index is 13.0. The summed E-state index contributed by atoms with van der Waals surface area (Å²) in [6.45, 7) is 0.102. The van der Waals surface area contributed by atoms with Gasteiger partial charge in [-0.2, -0.15) is 0 Å². The van der Waals surface area contributed by atoms with Crippen molar-refractivity contribution in [1.82, 2.24) is 10.6 Å². The van der Waals surface area contributed by atoms with Crippen LogP contribution in [0.15, 0.2) is 91.0 Å². The zero-order chi connectivity index (χ0) is 23.3. The molecule has 0 aliphatic carbocycles. The van der Waals surface area contributed by atoms with Gasteiger partial charge in [0.25, 0.3) is 0 Å². The van der Waals surface area contributed by atoms with E-state index in [1.807, 2.05) is 91.0 Å². The highest BCUT2D eigenvalue weighted by Gasteiger charge is 2.24.